The Labute approximate surface area is 165 Å². The lowest BCUT2D eigenvalue weighted by molar-refractivity contribution is -0.136. The predicted molar refractivity (Wildman–Crippen MR) is 102 cm³/mol. The molecule has 2 aromatic carbocycles. The van der Waals surface area contributed by atoms with E-state index < -0.39 is 16.0 Å². The van der Waals surface area contributed by atoms with Crippen molar-refractivity contribution < 1.29 is 23.1 Å². The second kappa shape index (κ2) is 8.35. The van der Waals surface area contributed by atoms with Gasteiger partial charge in [0, 0.05) is 5.56 Å². The smallest absolute Gasteiger partial charge is 0.307 e. The molecule has 0 aliphatic rings. The lowest BCUT2D eigenvalue weighted by Gasteiger charge is -2.14. The number of benzene rings is 2. The summed E-state index contributed by atoms with van der Waals surface area (Å²) in [6.45, 7) is -0.0180. The molecule has 26 heavy (non-hydrogen) atoms. The SMILES string of the molecule is CS(=O)(=O)Nc1cccc(COc2c(Cl)cc(CC(=O)O)cc2Cl)c1Cl. The van der Waals surface area contributed by atoms with E-state index in [-0.39, 0.29) is 39.5 Å². The molecule has 2 aromatic rings. The van der Waals surface area contributed by atoms with E-state index in [9.17, 15) is 13.2 Å². The third-order valence-corrected chi connectivity index (χ3v) is 4.76. The first-order chi connectivity index (χ1) is 12.1. The fraction of sp³-hybridized carbons (Fsp3) is 0.188. The number of aliphatic carboxylic acids is 1. The third-order valence-electron chi connectivity index (χ3n) is 3.16. The van der Waals surface area contributed by atoms with Crippen LogP contribution in [0.3, 0.4) is 0 Å². The van der Waals surface area contributed by atoms with E-state index in [1.165, 1.54) is 18.2 Å². The molecule has 140 valence electrons. The van der Waals surface area contributed by atoms with Crippen LogP contribution in [-0.2, 0) is 27.8 Å². The summed E-state index contributed by atoms with van der Waals surface area (Å²) in [5.74, 6) is -0.826. The molecule has 0 fully saturated rings. The summed E-state index contributed by atoms with van der Waals surface area (Å²) in [7, 11) is -3.48. The van der Waals surface area contributed by atoms with Gasteiger partial charge in [0.2, 0.25) is 10.0 Å². The molecule has 2 N–H and O–H groups in total. The Balaban J connectivity index is 2.21. The number of carboxylic acid groups (broad SMARTS) is 1. The van der Waals surface area contributed by atoms with Crippen molar-refractivity contribution in [3.8, 4) is 5.75 Å². The van der Waals surface area contributed by atoms with E-state index in [2.05, 4.69) is 4.72 Å². The number of ether oxygens (including phenoxy) is 1. The van der Waals surface area contributed by atoms with Gasteiger partial charge in [0.15, 0.2) is 5.75 Å². The van der Waals surface area contributed by atoms with Gasteiger partial charge in [-0.3, -0.25) is 9.52 Å². The van der Waals surface area contributed by atoms with Crippen LogP contribution < -0.4 is 9.46 Å². The maximum absolute atomic E-state index is 11.4. The van der Waals surface area contributed by atoms with Crippen molar-refractivity contribution in [2.75, 3.05) is 11.0 Å². The van der Waals surface area contributed by atoms with Crippen LogP contribution in [-0.4, -0.2) is 25.7 Å². The van der Waals surface area contributed by atoms with Gasteiger partial charge >= 0.3 is 5.97 Å². The Morgan fingerprint density at radius 1 is 1.19 bits per heavy atom. The van der Waals surface area contributed by atoms with Crippen LogP contribution in [0.4, 0.5) is 5.69 Å². The molecule has 0 heterocycles. The minimum Gasteiger partial charge on any atom is -0.486 e. The van der Waals surface area contributed by atoms with Crippen LogP contribution in [0.1, 0.15) is 11.1 Å². The highest BCUT2D eigenvalue weighted by Gasteiger charge is 2.14. The zero-order valence-corrected chi connectivity index (χ0v) is 16.5. The molecule has 0 saturated heterocycles. The number of halogens is 3. The van der Waals surface area contributed by atoms with E-state index in [0.29, 0.717) is 11.1 Å². The number of anilines is 1. The number of sulfonamides is 1. The van der Waals surface area contributed by atoms with E-state index >= 15 is 0 Å². The van der Waals surface area contributed by atoms with Crippen LogP contribution >= 0.6 is 34.8 Å². The Hall–Kier alpha value is -1.67. The highest BCUT2D eigenvalue weighted by molar-refractivity contribution is 7.92. The Morgan fingerprint density at radius 2 is 1.81 bits per heavy atom. The first-order valence-corrected chi connectivity index (χ1v) is 10.2. The van der Waals surface area contributed by atoms with Gasteiger partial charge < -0.3 is 9.84 Å². The van der Waals surface area contributed by atoms with Crippen LogP contribution in [0.2, 0.25) is 15.1 Å². The Kier molecular flexibility index (Phi) is 6.63. The third kappa shape index (κ3) is 5.67. The van der Waals surface area contributed by atoms with Crippen molar-refractivity contribution in [1.29, 1.82) is 0 Å². The van der Waals surface area contributed by atoms with Crippen molar-refractivity contribution in [3.05, 3.63) is 56.5 Å². The Bertz CT molecular complexity index is 924. The van der Waals surface area contributed by atoms with Crippen LogP contribution in [0.15, 0.2) is 30.3 Å². The summed E-state index contributed by atoms with van der Waals surface area (Å²) in [5.41, 5.74) is 1.18. The highest BCUT2D eigenvalue weighted by Crippen LogP contribution is 2.36. The second-order valence-electron chi connectivity index (χ2n) is 5.40. The molecule has 0 unspecified atom stereocenters. The minimum atomic E-state index is -3.48. The summed E-state index contributed by atoms with van der Waals surface area (Å²) in [5, 5.41) is 9.34. The summed E-state index contributed by atoms with van der Waals surface area (Å²) < 4.78 is 30.6. The standard InChI is InChI=1S/C16H14Cl3NO5S/c1-26(23,24)20-13-4-2-3-10(15(13)19)8-25-16-11(17)5-9(6-12(16)18)7-14(21)22/h2-6,20H,7-8H2,1H3,(H,21,22). The van der Waals surface area contributed by atoms with Gasteiger partial charge in [0.1, 0.15) is 6.61 Å². The zero-order chi connectivity index (χ0) is 19.5. The maximum Gasteiger partial charge on any atom is 0.307 e. The maximum atomic E-state index is 11.4. The first-order valence-electron chi connectivity index (χ1n) is 7.14. The summed E-state index contributed by atoms with van der Waals surface area (Å²) in [4.78, 5) is 10.8. The normalized spacial score (nSPS) is 11.2. The molecule has 0 saturated carbocycles. The summed E-state index contributed by atoms with van der Waals surface area (Å²) >= 11 is 18.4. The lowest BCUT2D eigenvalue weighted by Crippen LogP contribution is -2.10. The van der Waals surface area contributed by atoms with Crippen molar-refractivity contribution >= 4 is 56.5 Å². The van der Waals surface area contributed by atoms with Gasteiger partial charge in [-0.25, -0.2) is 8.42 Å². The molecule has 0 bridgehead atoms. The fourth-order valence-electron chi connectivity index (χ4n) is 2.15. The average Bonchev–Trinajstić information content (AvgIpc) is 2.47. The molecule has 10 heteroatoms. The summed E-state index contributed by atoms with van der Waals surface area (Å²) in [6, 6.07) is 7.72. The molecule has 0 aliphatic heterocycles. The quantitative estimate of drug-likeness (QED) is 0.675. The number of hydrogen-bond donors (Lipinski definition) is 2. The highest BCUT2D eigenvalue weighted by atomic mass is 35.5. The molecular weight excluding hydrogens is 425 g/mol. The van der Waals surface area contributed by atoms with Crippen molar-refractivity contribution in [1.82, 2.24) is 0 Å². The van der Waals surface area contributed by atoms with Crippen LogP contribution in [0.5, 0.6) is 5.75 Å². The molecule has 0 amide bonds. The molecular formula is C16H14Cl3NO5S. The monoisotopic (exact) mass is 437 g/mol. The van der Waals surface area contributed by atoms with Crippen molar-refractivity contribution in [2.24, 2.45) is 0 Å². The van der Waals surface area contributed by atoms with Crippen molar-refractivity contribution in [2.45, 2.75) is 13.0 Å². The average molecular weight is 439 g/mol. The molecule has 0 atom stereocenters. The first kappa shape index (κ1) is 20.6. The van der Waals surface area contributed by atoms with Gasteiger partial charge in [0.05, 0.1) is 33.4 Å². The van der Waals surface area contributed by atoms with E-state index in [1.807, 2.05) is 0 Å². The summed E-state index contributed by atoms with van der Waals surface area (Å²) in [6.07, 6.45) is 0.801. The molecule has 0 aliphatic carbocycles. The van der Waals surface area contributed by atoms with Gasteiger partial charge in [-0.05, 0) is 23.8 Å². The van der Waals surface area contributed by atoms with Crippen LogP contribution in [0.25, 0.3) is 0 Å². The number of hydrogen-bond acceptors (Lipinski definition) is 4. The van der Waals surface area contributed by atoms with Gasteiger partial charge in [0.25, 0.3) is 0 Å². The lowest BCUT2D eigenvalue weighted by atomic mass is 10.1. The molecule has 2 rings (SSSR count). The fourth-order valence-corrected chi connectivity index (χ4v) is 3.64. The van der Waals surface area contributed by atoms with Crippen molar-refractivity contribution in [3.63, 3.8) is 0 Å². The second-order valence-corrected chi connectivity index (χ2v) is 8.34. The van der Waals surface area contributed by atoms with E-state index in [4.69, 9.17) is 44.6 Å². The van der Waals surface area contributed by atoms with Gasteiger partial charge in [-0.2, -0.15) is 0 Å². The molecule has 6 nitrogen and oxygen atoms in total. The van der Waals surface area contributed by atoms with E-state index in [1.54, 1.807) is 12.1 Å². The number of rotatable bonds is 7. The Morgan fingerprint density at radius 3 is 2.35 bits per heavy atom. The zero-order valence-electron chi connectivity index (χ0n) is 13.4. The number of carboxylic acids is 1. The van der Waals surface area contributed by atoms with Crippen LogP contribution in [0, 0.1) is 0 Å². The molecule has 0 aromatic heterocycles. The number of nitrogens with one attached hydrogen (secondary N) is 1. The largest absolute Gasteiger partial charge is 0.486 e. The topological polar surface area (TPSA) is 92.7 Å². The number of carbonyl (C=O) groups is 1. The van der Waals surface area contributed by atoms with Gasteiger partial charge in [-0.15, -0.1) is 0 Å². The molecule has 0 spiro atoms. The van der Waals surface area contributed by atoms with Gasteiger partial charge in [-0.1, -0.05) is 46.9 Å². The predicted octanol–water partition coefficient (Wildman–Crippen LogP) is 4.22. The molecule has 0 radical (unpaired) electrons. The minimum absolute atomic E-state index is 0.0180. The van der Waals surface area contributed by atoms with E-state index in [0.717, 1.165) is 6.26 Å².